The van der Waals surface area contributed by atoms with Gasteiger partial charge in [-0.2, -0.15) is 0 Å². The summed E-state index contributed by atoms with van der Waals surface area (Å²) < 4.78 is 6.04. The van der Waals surface area contributed by atoms with E-state index >= 15 is 0 Å². The molecule has 1 aliphatic heterocycles. The van der Waals surface area contributed by atoms with Crippen LogP contribution in [-0.2, 0) is 4.74 Å². The highest BCUT2D eigenvalue weighted by atomic mass is 16.5. The Morgan fingerprint density at radius 3 is 2.62 bits per heavy atom. The van der Waals surface area contributed by atoms with Crippen molar-refractivity contribution in [1.29, 1.82) is 0 Å². The van der Waals surface area contributed by atoms with Crippen LogP contribution in [0, 0.1) is 23.2 Å². The highest BCUT2D eigenvalue weighted by Crippen LogP contribution is 2.59. The molecule has 0 aromatic rings. The molecular formula is C28H43NO3. The predicted molar refractivity (Wildman–Crippen MR) is 128 cm³/mol. The van der Waals surface area contributed by atoms with E-state index in [4.69, 9.17) is 4.74 Å². The van der Waals surface area contributed by atoms with Gasteiger partial charge in [0.15, 0.2) is 0 Å². The first kappa shape index (κ1) is 22.8. The van der Waals surface area contributed by atoms with Crippen molar-refractivity contribution in [2.24, 2.45) is 23.2 Å². The number of fused-ring (bicyclic) bond motifs is 1. The van der Waals surface area contributed by atoms with Crippen LogP contribution in [0.2, 0.25) is 0 Å². The zero-order valence-electron chi connectivity index (χ0n) is 20.2. The molecule has 4 heteroatoms. The molecule has 4 aliphatic carbocycles. The Morgan fingerprint density at radius 2 is 1.91 bits per heavy atom. The Labute approximate surface area is 194 Å². The maximum atomic E-state index is 10.2. The van der Waals surface area contributed by atoms with Crippen molar-refractivity contribution in [3.63, 3.8) is 0 Å². The van der Waals surface area contributed by atoms with E-state index in [0.29, 0.717) is 29.7 Å². The van der Waals surface area contributed by atoms with E-state index in [-0.39, 0.29) is 5.60 Å². The average Bonchev–Trinajstić information content (AvgIpc) is 3.38. The van der Waals surface area contributed by atoms with Crippen LogP contribution in [0.4, 0.5) is 0 Å². The SMILES string of the molecule is C=C1[C@H](O)CC(=C/C=C2\CCC[C@]3(C)[C@@H]([C@H](C)CN4CCOC5(CC5)C4)CC[C@@H]23)C[C@H]1O. The molecule has 1 heterocycles. The van der Waals surface area contributed by atoms with Crippen LogP contribution in [0.15, 0.2) is 35.5 Å². The summed E-state index contributed by atoms with van der Waals surface area (Å²) in [6, 6.07) is 0. The minimum Gasteiger partial charge on any atom is -0.388 e. The fraction of sp³-hybridized carbons (Fsp3) is 0.786. The van der Waals surface area contributed by atoms with Crippen LogP contribution >= 0.6 is 0 Å². The molecule has 0 radical (unpaired) electrons. The minimum absolute atomic E-state index is 0.223. The molecule has 5 rings (SSSR count). The van der Waals surface area contributed by atoms with Crippen molar-refractivity contribution in [2.75, 3.05) is 26.2 Å². The summed E-state index contributed by atoms with van der Waals surface area (Å²) in [5.74, 6) is 2.21. The summed E-state index contributed by atoms with van der Waals surface area (Å²) in [5.41, 5.74) is 3.96. The number of hydrogen-bond donors (Lipinski definition) is 2. The van der Waals surface area contributed by atoms with E-state index in [9.17, 15) is 10.2 Å². The molecule has 0 bridgehead atoms. The summed E-state index contributed by atoms with van der Waals surface area (Å²) in [6.07, 6.45) is 13.6. The van der Waals surface area contributed by atoms with Gasteiger partial charge in [0.2, 0.25) is 0 Å². The van der Waals surface area contributed by atoms with Crippen molar-refractivity contribution in [3.8, 4) is 0 Å². The highest BCUT2D eigenvalue weighted by molar-refractivity contribution is 5.29. The molecular weight excluding hydrogens is 398 g/mol. The molecule has 1 spiro atoms. The molecule has 6 atom stereocenters. The lowest BCUT2D eigenvalue weighted by Crippen LogP contribution is -2.47. The van der Waals surface area contributed by atoms with Gasteiger partial charge < -0.3 is 14.9 Å². The topological polar surface area (TPSA) is 52.9 Å². The third-order valence-corrected chi connectivity index (χ3v) is 9.71. The fourth-order valence-electron chi connectivity index (χ4n) is 7.70. The number of aliphatic hydroxyl groups is 2. The third-order valence-electron chi connectivity index (χ3n) is 9.71. The Morgan fingerprint density at radius 1 is 1.16 bits per heavy atom. The monoisotopic (exact) mass is 441 g/mol. The first-order chi connectivity index (χ1) is 15.3. The van der Waals surface area contributed by atoms with E-state index in [0.717, 1.165) is 37.1 Å². The molecule has 1 saturated heterocycles. The number of allylic oxidation sites excluding steroid dienone is 3. The second-order valence-electron chi connectivity index (χ2n) is 11.9. The van der Waals surface area contributed by atoms with Gasteiger partial charge in [-0.3, -0.25) is 4.90 Å². The molecule has 0 aromatic carbocycles. The second-order valence-corrected chi connectivity index (χ2v) is 11.9. The Bertz CT molecular complexity index is 780. The maximum Gasteiger partial charge on any atom is 0.0811 e. The van der Waals surface area contributed by atoms with Crippen LogP contribution in [0.1, 0.15) is 71.6 Å². The summed E-state index contributed by atoms with van der Waals surface area (Å²) in [6.45, 7) is 13.3. The summed E-state index contributed by atoms with van der Waals surface area (Å²) in [7, 11) is 0. The quantitative estimate of drug-likeness (QED) is 0.625. The lowest BCUT2D eigenvalue weighted by molar-refractivity contribution is -0.0546. The van der Waals surface area contributed by atoms with Crippen molar-refractivity contribution in [3.05, 3.63) is 35.5 Å². The van der Waals surface area contributed by atoms with Crippen LogP contribution in [-0.4, -0.2) is 59.2 Å². The Hall–Kier alpha value is -0.940. The van der Waals surface area contributed by atoms with Gasteiger partial charge in [-0.25, -0.2) is 0 Å². The van der Waals surface area contributed by atoms with Gasteiger partial charge in [-0.1, -0.05) is 43.7 Å². The van der Waals surface area contributed by atoms with Gasteiger partial charge in [0, 0.05) is 19.6 Å². The molecule has 4 nitrogen and oxygen atoms in total. The van der Waals surface area contributed by atoms with Crippen molar-refractivity contribution < 1.29 is 14.9 Å². The predicted octanol–water partition coefficient (Wildman–Crippen LogP) is 4.63. The smallest absolute Gasteiger partial charge is 0.0811 e. The van der Waals surface area contributed by atoms with Gasteiger partial charge in [-0.15, -0.1) is 0 Å². The third kappa shape index (κ3) is 4.29. The van der Waals surface area contributed by atoms with E-state index < -0.39 is 12.2 Å². The zero-order valence-corrected chi connectivity index (χ0v) is 20.2. The number of hydrogen-bond acceptors (Lipinski definition) is 4. The minimum atomic E-state index is -0.605. The zero-order chi connectivity index (χ0) is 22.5. The summed E-state index contributed by atoms with van der Waals surface area (Å²) >= 11 is 0. The largest absolute Gasteiger partial charge is 0.388 e. The fourth-order valence-corrected chi connectivity index (χ4v) is 7.70. The first-order valence-electron chi connectivity index (χ1n) is 13.1. The molecule has 32 heavy (non-hydrogen) atoms. The number of morpholine rings is 1. The normalized spacial score (nSPS) is 41.7. The number of ether oxygens (including phenoxy) is 1. The molecule has 5 fully saturated rings. The average molecular weight is 442 g/mol. The summed E-state index contributed by atoms with van der Waals surface area (Å²) in [5, 5.41) is 20.4. The number of aliphatic hydroxyl groups excluding tert-OH is 2. The Kier molecular flexibility index (Phi) is 6.20. The molecule has 4 saturated carbocycles. The molecule has 178 valence electrons. The molecule has 0 aromatic heterocycles. The first-order valence-corrected chi connectivity index (χ1v) is 13.1. The second kappa shape index (κ2) is 8.69. The van der Waals surface area contributed by atoms with Crippen LogP contribution in [0.5, 0.6) is 0 Å². The molecule has 0 amide bonds. The maximum absolute atomic E-state index is 10.2. The highest BCUT2D eigenvalue weighted by Gasteiger charge is 2.52. The standard InChI is InChI=1S/C28H43NO3/c1-19(17-29-13-14-32-28(18-29)11-12-28)23-8-9-24-22(5-4-10-27(23,24)3)7-6-21-15-25(30)20(2)26(31)16-21/h6-7,19,23-26,30-31H,2,4-5,8-18H2,1,3H3/b22-7+/t19-,23-,24+,25-,26-,27-/m1/s1. The van der Waals surface area contributed by atoms with E-state index in [1.807, 2.05) is 0 Å². The van der Waals surface area contributed by atoms with Crippen molar-refractivity contribution in [2.45, 2.75) is 89.4 Å². The molecule has 2 N–H and O–H groups in total. The van der Waals surface area contributed by atoms with Gasteiger partial charge >= 0.3 is 0 Å². The molecule has 0 unspecified atom stereocenters. The van der Waals surface area contributed by atoms with Gasteiger partial charge in [0.1, 0.15) is 0 Å². The van der Waals surface area contributed by atoms with Gasteiger partial charge in [0.25, 0.3) is 0 Å². The van der Waals surface area contributed by atoms with Gasteiger partial charge in [0.05, 0.1) is 24.4 Å². The van der Waals surface area contributed by atoms with Crippen LogP contribution in [0.25, 0.3) is 0 Å². The Balaban J connectivity index is 1.26. The van der Waals surface area contributed by atoms with E-state index in [2.05, 4.69) is 37.5 Å². The summed E-state index contributed by atoms with van der Waals surface area (Å²) in [4.78, 5) is 2.69. The lowest BCUT2D eigenvalue weighted by Gasteiger charge is -2.45. The van der Waals surface area contributed by atoms with E-state index in [1.165, 1.54) is 51.5 Å². The van der Waals surface area contributed by atoms with Crippen molar-refractivity contribution in [1.82, 2.24) is 4.90 Å². The van der Waals surface area contributed by atoms with Crippen LogP contribution in [0.3, 0.4) is 0 Å². The van der Waals surface area contributed by atoms with Crippen LogP contribution < -0.4 is 0 Å². The van der Waals surface area contributed by atoms with Gasteiger partial charge in [-0.05, 0) is 86.5 Å². The number of rotatable bonds is 4. The molecule has 5 aliphatic rings. The lowest BCUT2D eigenvalue weighted by atomic mass is 9.61. The number of nitrogens with zero attached hydrogens (tertiary/aromatic N) is 1. The van der Waals surface area contributed by atoms with E-state index in [1.54, 1.807) is 5.57 Å². The van der Waals surface area contributed by atoms with Crippen molar-refractivity contribution >= 4 is 0 Å².